The fourth-order valence-corrected chi connectivity index (χ4v) is 1.74. The molecule has 0 unspecified atom stereocenters. The number of halogens is 5. The van der Waals surface area contributed by atoms with Gasteiger partial charge in [-0.1, -0.05) is 0 Å². The molecule has 24 heavy (non-hydrogen) atoms. The molecule has 0 spiro atoms. The zero-order valence-corrected chi connectivity index (χ0v) is 12.1. The monoisotopic (exact) mass is 347 g/mol. The van der Waals surface area contributed by atoms with Crippen molar-refractivity contribution in [3.05, 3.63) is 47.5 Å². The second-order valence-corrected chi connectivity index (χ2v) is 4.54. The number of anilines is 1. The topological polar surface area (TPSA) is 64.1 Å². The number of amides is 1. The minimum atomic E-state index is -4.71. The Bertz CT molecular complexity index is 732. The molecule has 0 atom stereocenters. The molecule has 1 heterocycles. The van der Waals surface area contributed by atoms with Crippen LogP contribution in [0.15, 0.2) is 30.3 Å². The van der Waals surface area contributed by atoms with Crippen molar-refractivity contribution in [2.24, 2.45) is 0 Å². The summed E-state index contributed by atoms with van der Waals surface area (Å²) in [6, 6.07) is 5.39. The molecule has 1 amide bonds. The van der Waals surface area contributed by atoms with Crippen LogP contribution in [0.5, 0.6) is 5.75 Å². The third-order valence-corrected chi connectivity index (χ3v) is 2.70. The van der Waals surface area contributed by atoms with Crippen LogP contribution in [0.2, 0.25) is 0 Å². The molecule has 0 bridgehead atoms. The zero-order valence-electron chi connectivity index (χ0n) is 12.1. The Morgan fingerprint density at radius 2 is 1.79 bits per heavy atom. The largest absolute Gasteiger partial charge is 0.435 e. The summed E-state index contributed by atoms with van der Waals surface area (Å²) in [7, 11) is 0. The molecule has 128 valence electrons. The lowest BCUT2D eigenvalue weighted by Gasteiger charge is -2.10. The number of nitrogens with one attached hydrogen (secondary N) is 1. The second kappa shape index (κ2) is 6.77. The number of nitrogens with zero attached hydrogens (tertiary/aromatic N) is 2. The van der Waals surface area contributed by atoms with Gasteiger partial charge < -0.3 is 10.1 Å². The van der Waals surface area contributed by atoms with Gasteiger partial charge >= 0.3 is 12.8 Å². The molecule has 0 radical (unpaired) electrons. The van der Waals surface area contributed by atoms with Gasteiger partial charge in [0.1, 0.15) is 23.0 Å². The Labute approximate surface area is 132 Å². The van der Waals surface area contributed by atoms with Gasteiger partial charge in [-0.3, -0.25) is 4.79 Å². The SMILES string of the molecule is Cc1nc(C(=O)Nc2ccc(OC(F)F)cc2)cc(C(F)(F)F)n1. The van der Waals surface area contributed by atoms with E-state index in [9.17, 15) is 26.7 Å². The first kappa shape index (κ1) is 17.6. The van der Waals surface area contributed by atoms with Crippen LogP contribution >= 0.6 is 0 Å². The van der Waals surface area contributed by atoms with Gasteiger partial charge in [-0.15, -0.1) is 0 Å². The van der Waals surface area contributed by atoms with Crippen LogP contribution in [0.4, 0.5) is 27.6 Å². The first-order chi connectivity index (χ1) is 11.1. The molecule has 1 aromatic heterocycles. The Balaban J connectivity index is 2.16. The van der Waals surface area contributed by atoms with Crippen molar-refractivity contribution in [3.8, 4) is 5.75 Å². The van der Waals surface area contributed by atoms with Gasteiger partial charge in [0.15, 0.2) is 0 Å². The summed E-state index contributed by atoms with van der Waals surface area (Å²) < 4.78 is 66.3. The van der Waals surface area contributed by atoms with Crippen LogP contribution in [-0.4, -0.2) is 22.5 Å². The lowest BCUT2D eigenvalue weighted by molar-refractivity contribution is -0.141. The maximum absolute atomic E-state index is 12.7. The van der Waals surface area contributed by atoms with E-state index in [4.69, 9.17) is 0 Å². The molecule has 0 saturated carbocycles. The molecular weight excluding hydrogens is 337 g/mol. The minimum Gasteiger partial charge on any atom is -0.435 e. The molecule has 1 aromatic carbocycles. The summed E-state index contributed by atoms with van der Waals surface area (Å²) in [6.45, 7) is -1.77. The molecule has 2 aromatic rings. The normalized spacial score (nSPS) is 11.5. The van der Waals surface area contributed by atoms with Gasteiger partial charge in [0.05, 0.1) is 0 Å². The van der Waals surface area contributed by atoms with Crippen LogP contribution < -0.4 is 10.1 Å². The van der Waals surface area contributed by atoms with Gasteiger partial charge in [0.25, 0.3) is 5.91 Å². The Morgan fingerprint density at radius 1 is 1.17 bits per heavy atom. The van der Waals surface area contributed by atoms with E-state index in [-0.39, 0.29) is 17.3 Å². The van der Waals surface area contributed by atoms with Crippen molar-refractivity contribution in [2.45, 2.75) is 19.7 Å². The van der Waals surface area contributed by atoms with Gasteiger partial charge in [0.2, 0.25) is 0 Å². The Morgan fingerprint density at radius 3 is 2.33 bits per heavy atom. The van der Waals surface area contributed by atoms with Gasteiger partial charge in [-0.2, -0.15) is 22.0 Å². The molecule has 0 aliphatic carbocycles. The highest BCUT2D eigenvalue weighted by atomic mass is 19.4. The standard InChI is InChI=1S/C14H10F5N3O2/c1-7-20-10(6-11(21-7)14(17,18)19)12(23)22-8-2-4-9(5-3-8)24-13(15)16/h2-6,13H,1H3,(H,22,23). The van der Waals surface area contributed by atoms with E-state index in [1.165, 1.54) is 31.2 Å². The van der Waals surface area contributed by atoms with E-state index >= 15 is 0 Å². The first-order valence-electron chi connectivity index (χ1n) is 6.44. The molecule has 1 N–H and O–H groups in total. The summed E-state index contributed by atoms with van der Waals surface area (Å²) in [5.74, 6) is -1.23. The van der Waals surface area contributed by atoms with Gasteiger partial charge in [0, 0.05) is 11.8 Å². The maximum atomic E-state index is 12.7. The lowest BCUT2D eigenvalue weighted by Crippen LogP contribution is -2.18. The van der Waals surface area contributed by atoms with Crippen molar-refractivity contribution in [3.63, 3.8) is 0 Å². The smallest absolute Gasteiger partial charge is 0.433 e. The van der Waals surface area contributed by atoms with E-state index in [0.29, 0.717) is 6.07 Å². The molecule has 0 fully saturated rings. The molecule has 5 nitrogen and oxygen atoms in total. The zero-order chi connectivity index (χ0) is 17.9. The van der Waals surface area contributed by atoms with Crippen molar-refractivity contribution in [1.82, 2.24) is 9.97 Å². The Hall–Kier alpha value is -2.78. The van der Waals surface area contributed by atoms with Crippen LogP contribution in [0, 0.1) is 6.92 Å². The van der Waals surface area contributed by atoms with Crippen molar-refractivity contribution < 1.29 is 31.5 Å². The number of carbonyl (C=O) groups is 1. The number of alkyl halides is 5. The van der Waals surface area contributed by atoms with Crippen LogP contribution in [0.1, 0.15) is 22.0 Å². The van der Waals surface area contributed by atoms with Crippen LogP contribution in [0.25, 0.3) is 0 Å². The molecular formula is C14H10F5N3O2. The van der Waals surface area contributed by atoms with Crippen molar-refractivity contribution >= 4 is 11.6 Å². The van der Waals surface area contributed by atoms with E-state index < -0.39 is 30.1 Å². The summed E-state index contributed by atoms with van der Waals surface area (Å²) >= 11 is 0. The van der Waals surface area contributed by atoms with E-state index in [1.54, 1.807) is 0 Å². The molecule has 0 saturated heterocycles. The second-order valence-electron chi connectivity index (χ2n) is 4.54. The average molecular weight is 347 g/mol. The van der Waals surface area contributed by atoms with Crippen LogP contribution in [-0.2, 0) is 6.18 Å². The number of ether oxygens (including phenoxy) is 1. The number of hydrogen-bond acceptors (Lipinski definition) is 4. The third kappa shape index (κ3) is 4.61. The highest BCUT2D eigenvalue weighted by Crippen LogP contribution is 2.28. The summed E-state index contributed by atoms with van der Waals surface area (Å²) in [5, 5.41) is 2.31. The Kier molecular flexibility index (Phi) is 4.96. The lowest BCUT2D eigenvalue weighted by atomic mass is 10.2. The van der Waals surface area contributed by atoms with Gasteiger partial charge in [-0.25, -0.2) is 9.97 Å². The van der Waals surface area contributed by atoms with Crippen molar-refractivity contribution in [2.75, 3.05) is 5.32 Å². The highest BCUT2D eigenvalue weighted by Gasteiger charge is 2.34. The number of rotatable bonds is 4. The quantitative estimate of drug-likeness (QED) is 0.858. The number of benzene rings is 1. The highest BCUT2D eigenvalue weighted by molar-refractivity contribution is 6.02. The summed E-state index contributed by atoms with van der Waals surface area (Å²) in [5.41, 5.74) is -1.53. The maximum Gasteiger partial charge on any atom is 0.433 e. The van der Waals surface area contributed by atoms with E-state index in [2.05, 4.69) is 20.0 Å². The number of carbonyl (C=O) groups excluding carboxylic acids is 1. The minimum absolute atomic E-state index is 0.125. The molecule has 0 aliphatic rings. The van der Waals surface area contributed by atoms with Gasteiger partial charge in [-0.05, 0) is 31.2 Å². The number of aryl methyl sites for hydroxylation is 1. The predicted molar refractivity (Wildman–Crippen MR) is 72.8 cm³/mol. The molecule has 2 rings (SSSR count). The number of hydrogen-bond donors (Lipinski definition) is 1. The summed E-state index contributed by atoms with van der Waals surface area (Å²) in [4.78, 5) is 18.9. The first-order valence-corrected chi connectivity index (χ1v) is 6.44. The fraction of sp³-hybridized carbons (Fsp3) is 0.214. The average Bonchev–Trinajstić information content (AvgIpc) is 2.47. The van der Waals surface area contributed by atoms with E-state index in [1.807, 2.05) is 0 Å². The molecule has 10 heteroatoms. The fourth-order valence-electron chi connectivity index (χ4n) is 1.74. The summed E-state index contributed by atoms with van der Waals surface area (Å²) in [6.07, 6.45) is -4.71. The molecule has 0 aliphatic heterocycles. The van der Waals surface area contributed by atoms with E-state index in [0.717, 1.165) is 0 Å². The predicted octanol–water partition coefficient (Wildman–Crippen LogP) is 3.66. The van der Waals surface area contributed by atoms with Crippen LogP contribution in [0.3, 0.4) is 0 Å². The van der Waals surface area contributed by atoms with Crippen molar-refractivity contribution in [1.29, 1.82) is 0 Å². The third-order valence-electron chi connectivity index (χ3n) is 2.70. The number of aromatic nitrogens is 2.